The molecule has 2 heterocycles. The van der Waals surface area contributed by atoms with Crippen LogP contribution < -0.4 is 10.6 Å². The van der Waals surface area contributed by atoms with Gasteiger partial charge in [0.1, 0.15) is 0 Å². The summed E-state index contributed by atoms with van der Waals surface area (Å²) in [5.41, 5.74) is 6.08. The number of aromatic nitrogens is 3. The van der Waals surface area contributed by atoms with Crippen molar-refractivity contribution in [3.05, 3.63) is 65.5 Å². The van der Waals surface area contributed by atoms with E-state index in [4.69, 9.17) is 4.98 Å². The van der Waals surface area contributed by atoms with Gasteiger partial charge in [-0.15, -0.1) is 0 Å². The summed E-state index contributed by atoms with van der Waals surface area (Å²) < 4.78 is 1.87. The van der Waals surface area contributed by atoms with Crippen molar-refractivity contribution in [2.24, 2.45) is 0 Å². The van der Waals surface area contributed by atoms with Gasteiger partial charge < -0.3 is 10.6 Å². The highest BCUT2D eigenvalue weighted by Gasteiger charge is 2.15. The lowest BCUT2D eigenvalue weighted by atomic mass is 10.1. The van der Waals surface area contributed by atoms with Crippen LogP contribution in [0, 0.1) is 13.8 Å². The smallest absolute Gasteiger partial charge is 0.224 e. The van der Waals surface area contributed by atoms with Crippen LogP contribution in [0.3, 0.4) is 0 Å². The normalized spacial score (nSPS) is 11.0. The van der Waals surface area contributed by atoms with E-state index in [-0.39, 0.29) is 11.8 Å². The lowest BCUT2D eigenvalue weighted by Crippen LogP contribution is -2.14. The maximum atomic E-state index is 12.5. The molecule has 0 unspecified atom stereocenters. The van der Waals surface area contributed by atoms with Crippen LogP contribution in [0.2, 0.25) is 0 Å². The van der Waals surface area contributed by atoms with Gasteiger partial charge in [-0.05, 0) is 62.2 Å². The summed E-state index contributed by atoms with van der Waals surface area (Å²) in [6, 6.07) is 15.0. The molecule has 0 saturated heterocycles. The lowest BCUT2D eigenvalue weighted by Gasteiger charge is -2.11. The first-order chi connectivity index (χ1) is 14.4. The standard InChI is InChI=1S/C23H23N5O2/c1-14-19(15(2)28-23(24-14)20-6-4-5-7-21(20)27-28)12-13-22(30)26-18-10-8-17(9-11-18)25-16(3)29/h4-11H,12-13H2,1-3H3,(H,25,29)(H,26,30). The SMILES string of the molecule is CC(=O)Nc1ccc(NC(=O)CCc2c(C)nc3c4ccccc4nn3c2C)cc1. The van der Waals surface area contributed by atoms with Gasteiger partial charge in [0.2, 0.25) is 11.8 Å². The average Bonchev–Trinajstić information content (AvgIpc) is 3.08. The molecule has 152 valence electrons. The van der Waals surface area contributed by atoms with Crippen molar-refractivity contribution in [1.82, 2.24) is 14.6 Å². The van der Waals surface area contributed by atoms with Gasteiger partial charge in [0, 0.05) is 41.5 Å². The fourth-order valence-electron chi connectivity index (χ4n) is 3.64. The van der Waals surface area contributed by atoms with Crippen LogP contribution in [0.25, 0.3) is 16.6 Å². The molecule has 2 amide bonds. The Morgan fingerprint density at radius 2 is 1.63 bits per heavy atom. The van der Waals surface area contributed by atoms with Crippen LogP contribution in [0.5, 0.6) is 0 Å². The fourth-order valence-corrected chi connectivity index (χ4v) is 3.64. The molecule has 0 bridgehead atoms. The molecule has 4 rings (SSSR count). The number of fused-ring (bicyclic) bond motifs is 3. The Labute approximate surface area is 174 Å². The van der Waals surface area contributed by atoms with Gasteiger partial charge in [0.05, 0.1) is 5.52 Å². The van der Waals surface area contributed by atoms with Crippen molar-refractivity contribution in [2.45, 2.75) is 33.6 Å². The van der Waals surface area contributed by atoms with Gasteiger partial charge in [0.15, 0.2) is 5.65 Å². The number of benzene rings is 2. The van der Waals surface area contributed by atoms with Crippen molar-refractivity contribution in [2.75, 3.05) is 10.6 Å². The van der Waals surface area contributed by atoms with E-state index >= 15 is 0 Å². The third kappa shape index (κ3) is 3.87. The number of nitrogens with one attached hydrogen (secondary N) is 2. The molecule has 30 heavy (non-hydrogen) atoms. The minimum atomic E-state index is -0.131. The van der Waals surface area contributed by atoms with E-state index in [2.05, 4.69) is 15.7 Å². The van der Waals surface area contributed by atoms with Gasteiger partial charge in [-0.25, -0.2) is 9.50 Å². The van der Waals surface area contributed by atoms with Crippen LogP contribution in [-0.2, 0) is 16.0 Å². The molecule has 7 nitrogen and oxygen atoms in total. The second-order valence-corrected chi connectivity index (χ2v) is 7.32. The van der Waals surface area contributed by atoms with Crippen LogP contribution in [-0.4, -0.2) is 26.4 Å². The Morgan fingerprint density at radius 3 is 2.33 bits per heavy atom. The van der Waals surface area contributed by atoms with E-state index in [0.717, 1.165) is 33.5 Å². The molecule has 0 aliphatic carbocycles. The average molecular weight is 401 g/mol. The van der Waals surface area contributed by atoms with Gasteiger partial charge in [-0.3, -0.25) is 9.59 Å². The molecule has 4 aromatic rings. The molecule has 0 aliphatic heterocycles. The molecule has 0 aliphatic rings. The topological polar surface area (TPSA) is 88.4 Å². The Morgan fingerprint density at radius 1 is 0.967 bits per heavy atom. The minimum Gasteiger partial charge on any atom is -0.326 e. The zero-order chi connectivity index (χ0) is 21.3. The van der Waals surface area contributed by atoms with Gasteiger partial charge in [0.25, 0.3) is 0 Å². The molecule has 0 saturated carbocycles. The first-order valence-corrected chi connectivity index (χ1v) is 9.83. The van der Waals surface area contributed by atoms with Crippen LogP contribution in [0.15, 0.2) is 48.5 Å². The third-order valence-electron chi connectivity index (χ3n) is 5.11. The third-order valence-corrected chi connectivity index (χ3v) is 5.11. The molecule has 2 aromatic heterocycles. The molecule has 0 fully saturated rings. The lowest BCUT2D eigenvalue weighted by molar-refractivity contribution is -0.116. The summed E-state index contributed by atoms with van der Waals surface area (Å²) >= 11 is 0. The zero-order valence-corrected chi connectivity index (χ0v) is 17.2. The van der Waals surface area contributed by atoms with E-state index < -0.39 is 0 Å². The van der Waals surface area contributed by atoms with E-state index in [1.165, 1.54) is 6.92 Å². The summed E-state index contributed by atoms with van der Waals surface area (Å²) in [6.45, 7) is 5.45. The maximum absolute atomic E-state index is 12.5. The van der Waals surface area contributed by atoms with E-state index in [1.54, 1.807) is 24.3 Å². The molecule has 0 spiro atoms. The summed E-state index contributed by atoms with van der Waals surface area (Å²) in [5.74, 6) is -0.208. The summed E-state index contributed by atoms with van der Waals surface area (Å²) in [7, 11) is 0. The molecular weight excluding hydrogens is 378 g/mol. The predicted molar refractivity (Wildman–Crippen MR) is 118 cm³/mol. The zero-order valence-electron chi connectivity index (χ0n) is 17.2. The number of carbonyl (C=O) groups is 2. The minimum absolute atomic E-state index is 0.0770. The van der Waals surface area contributed by atoms with Crippen LogP contribution in [0.1, 0.15) is 30.3 Å². The second-order valence-electron chi connectivity index (χ2n) is 7.32. The monoisotopic (exact) mass is 401 g/mol. The number of amides is 2. The second kappa shape index (κ2) is 7.94. The molecule has 2 aromatic carbocycles. The van der Waals surface area contributed by atoms with Crippen molar-refractivity contribution < 1.29 is 9.59 Å². The van der Waals surface area contributed by atoms with E-state index in [0.29, 0.717) is 24.2 Å². The van der Waals surface area contributed by atoms with Crippen LogP contribution in [0.4, 0.5) is 11.4 Å². The number of hydrogen-bond acceptors (Lipinski definition) is 4. The molecule has 0 atom stereocenters. The Kier molecular flexibility index (Phi) is 5.18. The quantitative estimate of drug-likeness (QED) is 0.528. The van der Waals surface area contributed by atoms with Crippen LogP contribution >= 0.6 is 0 Å². The number of anilines is 2. The van der Waals surface area contributed by atoms with Crippen molar-refractivity contribution >= 4 is 39.7 Å². The van der Waals surface area contributed by atoms with Gasteiger partial charge in [-0.2, -0.15) is 5.10 Å². The van der Waals surface area contributed by atoms with Crippen molar-refractivity contribution in [3.8, 4) is 0 Å². The first kappa shape index (κ1) is 19.6. The number of aryl methyl sites for hydroxylation is 2. The Hall–Kier alpha value is -3.74. The molecular formula is C23H23N5O2. The van der Waals surface area contributed by atoms with Crippen molar-refractivity contribution in [3.63, 3.8) is 0 Å². The highest BCUT2D eigenvalue weighted by molar-refractivity contribution is 5.93. The largest absolute Gasteiger partial charge is 0.326 e. The highest BCUT2D eigenvalue weighted by atomic mass is 16.2. The first-order valence-electron chi connectivity index (χ1n) is 9.83. The number of nitrogens with zero attached hydrogens (tertiary/aromatic N) is 3. The van der Waals surface area contributed by atoms with Gasteiger partial charge in [-0.1, -0.05) is 12.1 Å². The summed E-state index contributed by atoms with van der Waals surface area (Å²) in [6.07, 6.45) is 0.912. The fraction of sp³-hybridized carbons (Fsp3) is 0.217. The van der Waals surface area contributed by atoms with E-state index in [9.17, 15) is 9.59 Å². The summed E-state index contributed by atoms with van der Waals surface area (Å²) in [5, 5.41) is 11.3. The van der Waals surface area contributed by atoms with E-state index in [1.807, 2.05) is 42.6 Å². The molecule has 2 N–H and O–H groups in total. The number of rotatable bonds is 5. The predicted octanol–water partition coefficient (Wildman–Crippen LogP) is 4.03. The summed E-state index contributed by atoms with van der Waals surface area (Å²) in [4.78, 5) is 28.3. The highest BCUT2D eigenvalue weighted by Crippen LogP contribution is 2.23. The Bertz CT molecular complexity index is 1260. The number of hydrogen-bond donors (Lipinski definition) is 2. The Balaban J connectivity index is 1.48. The maximum Gasteiger partial charge on any atom is 0.224 e. The molecule has 0 radical (unpaired) electrons. The van der Waals surface area contributed by atoms with Gasteiger partial charge >= 0.3 is 0 Å². The molecule has 7 heteroatoms. The van der Waals surface area contributed by atoms with Crippen molar-refractivity contribution in [1.29, 1.82) is 0 Å². The number of carbonyl (C=O) groups excluding carboxylic acids is 2.